The summed E-state index contributed by atoms with van der Waals surface area (Å²) >= 11 is 0. The van der Waals surface area contributed by atoms with Crippen LogP contribution in [0.2, 0.25) is 0 Å². The van der Waals surface area contributed by atoms with Crippen molar-refractivity contribution in [3.05, 3.63) is 11.7 Å². The molecular weight excluding hydrogens is 192 g/mol. The molecule has 2 rings (SSSR count). The first kappa shape index (κ1) is 10.6. The normalized spacial score (nSPS) is 19.6. The van der Waals surface area contributed by atoms with Gasteiger partial charge in [0.05, 0.1) is 6.04 Å². The zero-order valence-corrected chi connectivity index (χ0v) is 9.15. The van der Waals surface area contributed by atoms with E-state index in [1.54, 1.807) is 0 Å². The van der Waals surface area contributed by atoms with Gasteiger partial charge in [-0.15, -0.1) is 0 Å². The van der Waals surface area contributed by atoms with E-state index in [0.717, 1.165) is 26.1 Å². The molecule has 15 heavy (non-hydrogen) atoms. The quantitative estimate of drug-likeness (QED) is 0.793. The van der Waals surface area contributed by atoms with Gasteiger partial charge in [0.25, 0.3) is 0 Å². The van der Waals surface area contributed by atoms with E-state index in [1.165, 1.54) is 12.8 Å². The summed E-state index contributed by atoms with van der Waals surface area (Å²) in [5.41, 5.74) is 6.02. The van der Waals surface area contributed by atoms with Gasteiger partial charge in [-0.25, -0.2) is 0 Å². The Labute approximate surface area is 89.6 Å². The van der Waals surface area contributed by atoms with Crippen LogP contribution in [0, 0.1) is 0 Å². The Morgan fingerprint density at radius 3 is 2.80 bits per heavy atom. The third kappa shape index (κ3) is 2.54. The molecule has 0 saturated carbocycles. The summed E-state index contributed by atoms with van der Waals surface area (Å²) in [5.74, 6) is 1.31. The fourth-order valence-corrected chi connectivity index (χ4v) is 1.89. The smallest absolute Gasteiger partial charge is 0.226 e. The standard InChI is InChI=1S/C10H18N4O/c1-2-9-12-10(13-15-9)8(11)7-14-5-3-4-6-14/h8H,2-7,11H2,1H3. The average molecular weight is 210 g/mol. The lowest BCUT2D eigenvalue weighted by Gasteiger charge is -2.17. The minimum absolute atomic E-state index is 0.118. The van der Waals surface area contributed by atoms with Crippen molar-refractivity contribution in [1.29, 1.82) is 0 Å². The summed E-state index contributed by atoms with van der Waals surface area (Å²) in [5, 5.41) is 3.89. The molecule has 0 amide bonds. The molecular formula is C10H18N4O. The van der Waals surface area contributed by atoms with E-state index in [1.807, 2.05) is 6.92 Å². The Balaban J connectivity index is 1.91. The van der Waals surface area contributed by atoms with E-state index in [-0.39, 0.29) is 6.04 Å². The first-order chi connectivity index (χ1) is 7.29. The Morgan fingerprint density at radius 1 is 1.47 bits per heavy atom. The van der Waals surface area contributed by atoms with Gasteiger partial charge >= 0.3 is 0 Å². The second kappa shape index (κ2) is 4.72. The minimum atomic E-state index is -0.118. The highest BCUT2D eigenvalue weighted by Crippen LogP contribution is 2.13. The summed E-state index contributed by atoms with van der Waals surface area (Å²) in [6, 6.07) is -0.118. The molecule has 1 aliphatic rings. The second-order valence-corrected chi connectivity index (χ2v) is 4.01. The predicted molar refractivity (Wildman–Crippen MR) is 56.3 cm³/mol. The van der Waals surface area contributed by atoms with Crippen LogP contribution < -0.4 is 5.73 Å². The molecule has 2 N–H and O–H groups in total. The zero-order valence-electron chi connectivity index (χ0n) is 9.15. The third-order valence-electron chi connectivity index (χ3n) is 2.77. The van der Waals surface area contributed by atoms with Crippen LogP contribution in [0.3, 0.4) is 0 Å². The molecule has 1 unspecified atom stereocenters. The van der Waals surface area contributed by atoms with Gasteiger partial charge in [0.2, 0.25) is 5.89 Å². The zero-order chi connectivity index (χ0) is 10.7. The molecule has 1 fully saturated rings. The van der Waals surface area contributed by atoms with Crippen LogP contribution in [0.1, 0.15) is 37.5 Å². The van der Waals surface area contributed by atoms with Gasteiger partial charge in [0.1, 0.15) is 0 Å². The molecule has 1 saturated heterocycles. The van der Waals surface area contributed by atoms with Gasteiger partial charge in [0.15, 0.2) is 5.82 Å². The third-order valence-corrected chi connectivity index (χ3v) is 2.77. The topological polar surface area (TPSA) is 68.2 Å². The number of nitrogens with two attached hydrogens (primary N) is 1. The molecule has 84 valence electrons. The van der Waals surface area contributed by atoms with Gasteiger partial charge in [-0.1, -0.05) is 12.1 Å². The number of aryl methyl sites for hydroxylation is 1. The summed E-state index contributed by atoms with van der Waals surface area (Å²) in [6.45, 7) is 5.12. The highest BCUT2D eigenvalue weighted by molar-refractivity contribution is 4.94. The maximum Gasteiger partial charge on any atom is 0.226 e. The van der Waals surface area contributed by atoms with Crippen molar-refractivity contribution in [2.75, 3.05) is 19.6 Å². The fourth-order valence-electron chi connectivity index (χ4n) is 1.89. The predicted octanol–water partition coefficient (Wildman–Crippen LogP) is 0.728. The van der Waals surface area contributed by atoms with Gasteiger partial charge < -0.3 is 15.2 Å². The van der Waals surface area contributed by atoms with Crippen molar-refractivity contribution in [2.45, 2.75) is 32.2 Å². The van der Waals surface area contributed by atoms with E-state index < -0.39 is 0 Å². The van der Waals surface area contributed by atoms with Crippen LogP contribution >= 0.6 is 0 Å². The van der Waals surface area contributed by atoms with E-state index in [2.05, 4.69) is 15.0 Å². The van der Waals surface area contributed by atoms with Gasteiger partial charge in [-0.3, -0.25) is 0 Å². The first-order valence-electron chi connectivity index (χ1n) is 5.60. The second-order valence-electron chi connectivity index (χ2n) is 4.01. The summed E-state index contributed by atoms with van der Waals surface area (Å²) in [7, 11) is 0. The molecule has 2 heterocycles. The average Bonchev–Trinajstić information content (AvgIpc) is 2.86. The lowest BCUT2D eigenvalue weighted by molar-refractivity contribution is 0.305. The number of aromatic nitrogens is 2. The highest BCUT2D eigenvalue weighted by atomic mass is 16.5. The molecule has 0 radical (unpaired) electrons. The molecule has 1 atom stereocenters. The van der Waals surface area contributed by atoms with E-state index >= 15 is 0 Å². The fraction of sp³-hybridized carbons (Fsp3) is 0.800. The summed E-state index contributed by atoms with van der Waals surface area (Å²) in [6.07, 6.45) is 3.32. The van der Waals surface area contributed by atoms with Crippen LogP contribution in [-0.2, 0) is 6.42 Å². The number of rotatable bonds is 4. The first-order valence-corrected chi connectivity index (χ1v) is 5.60. The number of hydrogen-bond donors (Lipinski definition) is 1. The maximum atomic E-state index is 6.02. The van der Waals surface area contributed by atoms with Crippen LogP contribution in [0.15, 0.2) is 4.52 Å². The maximum absolute atomic E-state index is 6.02. The number of nitrogens with zero attached hydrogens (tertiary/aromatic N) is 3. The molecule has 0 aliphatic carbocycles. The Hall–Kier alpha value is -0.940. The van der Waals surface area contributed by atoms with Gasteiger partial charge in [-0.05, 0) is 25.9 Å². The van der Waals surface area contributed by atoms with Crippen LogP contribution in [0.5, 0.6) is 0 Å². The molecule has 5 nitrogen and oxygen atoms in total. The highest BCUT2D eigenvalue weighted by Gasteiger charge is 2.19. The molecule has 1 aromatic rings. The van der Waals surface area contributed by atoms with E-state index in [0.29, 0.717) is 11.7 Å². The van der Waals surface area contributed by atoms with E-state index in [4.69, 9.17) is 10.3 Å². The molecule has 0 bridgehead atoms. The van der Waals surface area contributed by atoms with Crippen LogP contribution in [0.25, 0.3) is 0 Å². The van der Waals surface area contributed by atoms with Crippen molar-refractivity contribution in [3.8, 4) is 0 Å². The Bertz CT molecular complexity index is 306. The summed E-state index contributed by atoms with van der Waals surface area (Å²) in [4.78, 5) is 6.60. The van der Waals surface area contributed by atoms with E-state index in [9.17, 15) is 0 Å². The van der Waals surface area contributed by atoms with Gasteiger partial charge in [-0.2, -0.15) is 4.98 Å². The Kier molecular flexibility index (Phi) is 3.33. The van der Waals surface area contributed by atoms with Crippen molar-refractivity contribution in [3.63, 3.8) is 0 Å². The SMILES string of the molecule is CCc1nc(C(N)CN2CCCC2)no1. The summed E-state index contributed by atoms with van der Waals surface area (Å²) < 4.78 is 5.04. The van der Waals surface area contributed by atoms with Crippen molar-refractivity contribution in [2.24, 2.45) is 5.73 Å². The molecule has 0 spiro atoms. The van der Waals surface area contributed by atoms with Gasteiger partial charge in [0, 0.05) is 13.0 Å². The number of hydrogen-bond acceptors (Lipinski definition) is 5. The van der Waals surface area contributed by atoms with Crippen molar-refractivity contribution in [1.82, 2.24) is 15.0 Å². The Morgan fingerprint density at radius 2 is 2.20 bits per heavy atom. The number of likely N-dealkylation sites (tertiary alicyclic amines) is 1. The monoisotopic (exact) mass is 210 g/mol. The largest absolute Gasteiger partial charge is 0.339 e. The van der Waals surface area contributed by atoms with Crippen molar-refractivity contribution >= 4 is 0 Å². The molecule has 1 aromatic heterocycles. The van der Waals surface area contributed by atoms with Crippen LogP contribution in [-0.4, -0.2) is 34.7 Å². The lowest BCUT2D eigenvalue weighted by atomic mass is 10.3. The lowest BCUT2D eigenvalue weighted by Crippen LogP contribution is -2.30. The molecule has 1 aliphatic heterocycles. The van der Waals surface area contributed by atoms with Crippen LogP contribution in [0.4, 0.5) is 0 Å². The molecule has 5 heteroatoms. The minimum Gasteiger partial charge on any atom is -0.339 e. The van der Waals surface area contributed by atoms with Crippen molar-refractivity contribution < 1.29 is 4.52 Å². The molecule has 0 aromatic carbocycles.